The minimum absolute atomic E-state index is 0.0739. The Kier molecular flexibility index (Phi) is 5.06. The van der Waals surface area contributed by atoms with E-state index in [2.05, 4.69) is 20.6 Å². The Morgan fingerprint density at radius 2 is 2.25 bits per heavy atom. The smallest absolute Gasteiger partial charge is 0.251 e. The van der Waals surface area contributed by atoms with Crippen molar-refractivity contribution in [2.75, 3.05) is 18.9 Å². The molecule has 0 aromatic carbocycles. The molecule has 0 radical (unpaired) electrons. The van der Waals surface area contributed by atoms with Crippen LogP contribution in [0.2, 0.25) is 0 Å². The number of pyridine rings is 1. The Morgan fingerprint density at radius 1 is 1.40 bits per heavy atom. The standard InChI is InChI=1S/C14H18N4OS/c1-3-11-8-10(9-12(15-2)18-11)14(19)17-5-4-13-16-6-7-20-13/h6-9H,3-5H2,1-2H3,(H,15,18)(H,17,19). The molecule has 0 saturated heterocycles. The lowest BCUT2D eigenvalue weighted by Crippen LogP contribution is -2.26. The zero-order valence-electron chi connectivity index (χ0n) is 11.6. The van der Waals surface area contributed by atoms with Crippen molar-refractivity contribution in [1.82, 2.24) is 15.3 Å². The summed E-state index contributed by atoms with van der Waals surface area (Å²) < 4.78 is 0. The summed E-state index contributed by atoms with van der Waals surface area (Å²) in [4.78, 5) is 20.7. The third kappa shape index (κ3) is 3.77. The lowest BCUT2D eigenvalue weighted by molar-refractivity contribution is 0.0954. The van der Waals surface area contributed by atoms with E-state index in [0.29, 0.717) is 12.1 Å². The number of hydrogen-bond acceptors (Lipinski definition) is 5. The first-order valence-electron chi connectivity index (χ1n) is 6.58. The third-order valence-corrected chi connectivity index (χ3v) is 3.71. The summed E-state index contributed by atoms with van der Waals surface area (Å²) in [7, 11) is 1.80. The van der Waals surface area contributed by atoms with Gasteiger partial charge >= 0.3 is 0 Å². The molecule has 1 amide bonds. The zero-order chi connectivity index (χ0) is 14.4. The highest BCUT2D eigenvalue weighted by Crippen LogP contribution is 2.11. The van der Waals surface area contributed by atoms with Crippen molar-refractivity contribution in [2.24, 2.45) is 0 Å². The molecule has 2 aromatic heterocycles. The number of amides is 1. The molecule has 0 aliphatic rings. The average Bonchev–Trinajstić information content (AvgIpc) is 2.99. The molecule has 6 heteroatoms. The molecule has 0 spiro atoms. The lowest BCUT2D eigenvalue weighted by Gasteiger charge is -2.08. The van der Waals surface area contributed by atoms with Crippen LogP contribution in [0.3, 0.4) is 0 Å². The molecule has 0 aliphatic heterocycles. The van der Waals surface area contributed by atoms with E-state index in [9.17, 15) is 4.79 Å². The predicted molar refractivity (Wildman–Crippen MR) is 81.3 cm³/mol. The van der Waals surface area contributed by atoms with Crippen molar-refractivity contribution in [3.63, 3.8) is 0 Å². The van der Waals surface area contributed by atoms with E-state index in [1.54, 1.807) is 30.6 Å². The number of aryl methyl sites for hydroxylation is 1. The largest absolute Gasteiger partial charge is 0.373 e. The Bertz CT molecular complexity index is 546. The lowest BCUT2D eigenvalue weighted by atomic mass is 10.2. The van der Waals surface area contributed by atoms with Crippen LogP contribution in [0, 0.1) is 0 Å². The number of carbonyl (C=O) groups excluding carboxylic acids is 1. The van der Waals surface area contributed by atoms with Crippen molar-refractivity contribution >= 4 is 23.1 Å². The maximum Gasteiger partial charge on any atom is 0.251 e. The summed E-state index contributed by atoms with van der Waals surface area (Å²) in [5.41, 5.74) is 1.54. The first-order valence-corrected chi connectivity index (χ1v) is 7.46. The molecule has 0 unspecified atom stereocenters. The van der Waals surface area contributed by atoms with E-state index in [1.807, 2.05) is 18.4 Å². The van der Waals surface area contributed by atoms with E-state index in [4.69, 9.17) is 0 Å². The average molecular weight is 290 g/mol. The van der Waals surface area contributed by atoms with Gasteiger partial charge in [0.2, 0.25) is 0 Å². The highest BCUT2D eigenvalue weighted by Gasteiger charge is 2.09. The maximum atomic E-state index is 12.1. The van der Waals surface area contributed by atoms with Gasteiger partial charge in [-0.15, -0.1) is 11.3 Å². The van der Waals surface area contributed by atoms with Crippen molar-refractivity contribution in [3.8, 4) is 0 Å². The number of hydrogen-bond donors (Lipinski definition) is 2. The van der Waals surface area contributed by atoms with Gasteiger partial charge < -0.3 is 10.6 Å². The second-order valence-corrected chi connectivity index (χ2v) is 5.25. The molecule has 0 aliphatic carbocycles. The Balaban J connectivity index is 1.97. The van der Waals surface area contributed by atoms with Crippen LogP contribution >= 0.6 is 11.3 Å². The SMILES string of the molecule is CCc1cc(C(=O)NCCc2nccs2)cc(NC)n1. The highest BCUT2D eigenvalue weighted by atomic mass is 32.1. The van der Waals surface area contributed by atoms with E-state index >= 15 is 0 Å². The molecular formula is C14H18N4OS. The number of nitrogens with zero attached hydrogens (tertiary/aromatic N) is 2. The van der Waals surface area contributed by atoms with Crippen LogP contribution < -0.4 is 10.6 Å². The fourth-order valence-electron chi connectivity index (χ4n) is 1.79. The van der Waals surface area contributed by atoms with Gasteiger partial charge in [-0.2, -0.15) is 0 Å². The van der Waals surface area contributed by atoms with Crippen LogP contribution in [-0.2, 0) is 12.8 Å². The van der Waals surface area contributed by atoms with Gasteiger partial charge in [0.25, 0.3) is 5.91 Å². The van der Waals surface area contributed by atoms with Crippen LogP contribution in [-0.4, -0.2) is 29.5 Å². The Morgan fingerprint density at radius 3 is 2.90 bits per heavy atom. The normalized spacial score (nSPS) is 10.3. The Labute approximate surface area is 122 Å². The first kappa shape index (κ1) is 14.5. The fraction of sp³-hybridized carbons (Fsp3) is 0.357. The maximum absolute atomic E-state index is 12.1. The van der Waals surface area contributed by atoms with Crippen LogP contribution in [0.5, 0.6) is 0 Å². The van der Waals surface area contributed by atoms with Crippen molar-refractivity contribution in [3.05, 3.63) is 40.0 Å². The molecule has 0 fully saturated rings. The van der Waals surface area contributed by atoms with Crippen molar-refractivity contribution < 1.29 is 4.79 Å². The molecular weight excluding hydrogens is 272 g/mol. The molecule has 2 aromatic rings. The summed E-state index contributed by atoms with van der Waals surface area (Å²) in [6, 6.07) is 3.59. The van der Waals surface area contributed by atoms with Gasteiger partial charge in [0.05, 0.1) is 5.01 Å². The number of rotatable bonds is 6. The summed E-state index contributed by atoms with van der Waals surface area (Å²) in [6.45, 7) is 2.61. The second-order valence-electron chi connectivity index (χ2n) is 4.27. The van der Waals surface area contributed by atoms with Gasteiger partial charge in [0, 0.05) is 42.8 Å². The fourth-order valence-corrected chi connectivity index (χ4v) is 2.41. The van der Waals surface area contributed by atoms with Gasteiger partial charge in [-0.05, 0) is 18.6 Å². The quantitative estimate of drug-likeness (QED) is 0.855. The highest BCUT2D eigenvalue weighted by molar-refractivity contribution is 7.09. The van der Waals surface area contributed by atoms with Gasteiger partial charge in [-0.1, -0.05) is 6.92 Å². The van der Waals surface area contributed by atoms with Crippen LogP contribution in [0.15, 0.2) is 23.7 Å². The van der Waals surface area contributed by atoms with Crippen molar-refractivity contribution in [2.45, 2.75) is 19.8 Å². The van der Waals surface area contributed by atoms with Gasteiger partial charge in [-0.3, -0.25) is 4.79 Å². The summed E-state index contributed by atoms with van der Waals surface area (Å²) in [6.07, 6.45) is 3.33. The number of carbonyl (C=O) groups is 1. The number of aromatic nitrogens is 2. The zero-order valence-corrected chi connectivity index (χ0v) is 12.5. The summed E-state index contributed by atoms with van der Waals surface area (Å²) >= 11 is 1.60. The van der Waals surface area contributed by atoms with Crippen LogP contribution in [0.25, 0.3) is 0 Å². The minimum Gasteiger partial charge on any atom is -0.373 e. The molecule has 106 valence electrons. The third-order valence-electron chi connectivity index (χ3n) is 2.87. The number of thiazole rings is 1. The van der Waals surface area contributed by atoms with Crippen LogP contribution in [0.4, 0.5) is 5.82 Å². The molecule has 2 heterocycles. The van der Waals surface area contributed by atoms with E-state index in [-0.39, 0.29) is 5.91 Å². The molecule has 2 rings (SSSR count). The van der Waals surface area contributed by atoms with Gasteiger partial charge in [-0.25, -0.2) is 9.97 Å². The predicted octanol–water partition coefficient (Wildman–Crippen LogP) is 2.11. The van der Waals surface area contributed by atoms with E-state index in [1.165, 1.54) is 0 Å². The molecule has 2 N–H and O–H groups in total. The van der Waals surface area contributed by atoms with E-state index < -0.39 is 0 Å². The molecule has 0 saturated carbocycles. The van der Waals surface area contributed by atoms with Gasteiger partial charge in [0.15, 0.2) is 0 Å². The molecule has 20 heavy (non-hydrogen) atoms. The van der Waals surface area contributed by atoms with Crippen LogP contribution in [0.1, 0.15) is 28.0 Å². The number of nitrogens with one attached hydrogen (secondary N) is 2. The second kappa shape index (κ2) is 7.00. The summed E-state index contributed by atoms with van der Waals surface area (Å²) in [5, 5.41) is 8.86. The van der Waals surface area contributed by atoms with E-state index in [0.717, 1.165) is 29.4 Å². The minimum atomic E-state index is -0.0739. The monoisotopic (exact) mass is 290 g/mol. The molecule has 0 atom stereocenters. The van der Waals surface area contributed by atoms with Gasteiger partial charge in [0.1, 0.15) is 5.82 Å². The topological polar surface area (TPSA) is 66.9 Å². The molecule has 5 nitrogen and oxygen atoms in total. The number of anilines is 1. The first-order chi connectivity index (χ1) is 9.72. The van der Waals surface area contributed by atoms with Crippen molar-refractivity contribution in [1.29, 1.82) is 0 Å². The summed E-state index contributed by atoms with van der Waals surface area (Å²) in [5.74, 6) is 0.643. The molecule has 0 bridgehead atoms. The Hall–Kier alpha value is -1.95.